The van der Waals surface area contributed by atoms with E-state index in [0.29, 0.717) is 11.4 Å². The molecule has 1 amide bonds. The third-order valence-corrected chi connectivity index (χ3v) is 5.22. The van der Waals surface area contributed by atoms with Crippen LogP contribution in [0.2, 0.25) is 0 Å². The Morgan fingerprint density at radius 1 is 1.04 bits per heavy atom. The molecule has 0 bridgehead atoms. The number of halogens is 1. The highest BCUT2D eigenvalue weighted by Gasteiger charge is 2.10. The van der Waals surface area contributed by atoms with Gasteiger partial charge in [0.25, 0.3) is 5.56 Å². The molecule has 2 aromatic carbocycles. The number of hydrogen-bond donors (Lipinski definition) is 2. The van der Waals surface area contributed by atoms with Gasteiger partial charge < -0.3 is 5.32 Å². The number of carbonyl (C=O) groups excluding carboxylic acids is 1. The Balaban J connectivity index is 1.76. The number of carbonyl (C=O) groups is 1. The zero-order valence-electron chi connectivity index (χ0n) is 14.4. The molecule has 3 N–H and O–H groups in total. The second kappa shape index (κ2) is 8.05. The lowest BCUT2D eigenvalue weighted by molar-refractivity contribution is -0.117. The number of primary sulfonamides is 1. The van der Waals surface area contributed by atoms with Crippen LogP contribution in [-0.4, -0.2) is 24.1 Å². The molecule has 0 aliphatic rings. The molecule has 10 heteroatoms. The molecule has 0 atom stereocenters. The summed E-state index contributed by atoms with van der Waals surface area (Å²) in [7, 11) is -3.81. The minimum atomic E-state index is -3.81. The van der Waals surface area contributed by atoms with Crippen LogP contribution in [0, 0.1) is 0 Å². The van der Waals surface area contributed by atoms with Gasteiger partial charge in [0.1, 0.15) is 6.54 Å². The summed E-state index contributed by atoms with van der Waals surface area (Å²) in [5, 5.41) is 11.8. The maximum Gasteiger partial charge on any atom is 0.267 e. The molecule has 0 aliphatic carbocycles. The molecule has 1 aromatic heterocycles. The summed E-state index contributed by atoms with van der Waals surface area (Å²) in [6.45, 7) is -0.292. The first-order valence-electron chi connectivity index (χ1n) is 7.99. The number of nitrogens with two attached hydrogens (primary N) is 1. The summed E-state index contributed by atoms with van der Waals surface area (Å²) in [5.74, 6) is -0.481. The molecule has 0 saturated carbocycles. The van der Waals surface area contributed by atoms with E-state index in [1.165, 1.54) is 30.3 Å². The van der Waals surface area contributed by atoms with E-state index in [0.717, 1.165) is 14.7 Å². The SMILES string of the molecule is NS(=O)(=O)c1ccc(NC(=O)Cn2nc(-c3ccc(Br)cc3)ccc2=O)cc1. The number of amides is 1. The summed E-state index contributed by atoms with van der Waals surface area (Å²) < 4.78 is 24.5. The van der Waals surface area contributed by atoms with E-state index in [1.54, 1.807) is 6.07 Å². The molecule has 0 aliphatic heterocycles. The molecule has 28 heavy (non-hydrogen) atoms. The summed E-state index contributed by atoms with van der Waals surface area (Å²) in [4.78, 5) is 24.2. The predicted molar refractivity (Wildman–Crippen MR) is 108 cm³/mol. The topological polar surface area (TPSA) is 124 Å². The second-order valence-corrected chi connectivity index (χ2v) is 8.32. The first kappa shape index (κ1) is 19.9. The van der Waals surface area contributed by atoms with Gasteiger partial charge in [-0.15, -0.1) is 0 Å². The highest BCUT2D eigenvalue weighted by Crippen LogP contribution is 2.19. The van der Waals surface area contributed by atoms with Crippen molar-refractivity contribution in [2.75, 3.05) is 5.32 Å². The number of nitrogens with one attached hydrogen (secondary N) is 1. The van der Waals surface area contributed by atoms with Crippen LogP contribution < -0.4 is 16.0 Å². The van der Waals surface area contributed by atoms with Crippen molar-refractivity contribution < 1.29 is 13.2 Å². The average molecular weight is 463 g/mol. The van der Waals surface area contributed by atoms with Gasteiger partial charge in [0.2, 0.25) is 15.9 Å². The number of aromatic nitrogens is 2. The van der Waals surface area contributed by atoms with Crippen LogP contribution in [0.4, 0.5) is 5.69 Å². The molecular formula is C18H15BrN4O4S. The van der Waals surface area contributed by atoms with Crippen molar-refractivity contribution in [3.63, 3.8) is 0 Å². The maximum absolute atomic E-state index is 12.2. The summed E-state index contributed by atoms with van der Waals surface area (Å²) in [6, 6.07) is 15.7. The van der Waals surface area contributed by atoms with Gasteiger partial charge in [-0.2, -0.15) is 5.10 Å². The van der Waals surface area contributed by atoms with Gasteiger partial charge in [0.05, 0.1) is 10.6 Å². The van der Waals surface area contributed by atoms with Crippen molar-refractivity contribution in [1.82, 2.24) is 9.78 Å². The Bertz CT molecular complexity index is 1170. The molecule has 0 saturated heterocycles. The van der Waals surface area contributed by atoms with Crippen molar-refractivity contribution in [3.05, 3.63) is 75.5 Å². The minimum absolute atomic E-state index is 0.0643. The lowest BCUT2D eigenvalue weighted by Gasteiger charge is -2.09. The van der Waals surface area contributed by atoms with Gasteiger partial charge >= 0.3 is 0 Å². The van der Waals surface area contributed by atoms with Crippen LogP contribution in [0.5, 0.6) is 0 Å². The Kier molecular flexibility index (Phi) is 5.73. The lowest BCUT2D eigenvalue weighted by atomic mass is 10.1. The fourth-order valence-corrected chi connectivity index (χ4v) is 3.18. The van der Waals surface area contributed by atoms with Crippen LogP contribution >= 0.6 is 15.9 Å². The quantitative estimate of drug-likeness (QED) is 0.599. The number of nitrogens with zero attached hydrogens (tertiary/aromatic N) is 2. The van der Waals surface area contributed by atoms with Crippen LogP contribution in [-0.2, 0) is 21.4 Å². The number of rotatable bonds is 5. The minimum Gasteiger partial charge on any atom is -0.324 e. The molecule has 0 radical (unpaired) electrons. The highest BCUT2D eigenvalue weighted by molar-refractivity contribution is 9.10. The van der Waals surface area contributed by atoms with E-state index in [-0.39, 0.29) is 11.4 Å². The first-order chi connectivity index (χ1) is 13.2. The van der Waals surface area contributed by atoms with Gasteiger partial charge in [-0.05, 0) is 42.5 Å². The normalized spacial score (nSPS) is 11.2. The van der Waals surface area contributed by atoms with E-state index in [9.17, 15) is 18.0 Å². The molecule has 3 aromatic rings. The van der Waals surface area contributed by atoms with E-state index in [4.69, 9.17) is 5.14 Å². The average Bonchev–Trinajstić information content (AvgIpc) is 2.64. The number of anilines is 1. The molecule has 0 unspecified atom stereocenters. The second-order valence-electron chi connectivity index (χ2n) is 5.84. The molecule has 144 valence electrons. The van der Waals surface area contributed by atoms with Gasteiger partial charge in [-0.25, -0.2) is 18.2 Å². The lowest BCUT2D eigenvalue weighted by Crippen LogP contribution is -2.29. The fourth-order valence-electron chi connectivity index (χ4n) is 2.40. The van der Waals surface area contributed by atoms with Gasteiger partial charge in [-0.1, -0.05) is 28.1 Å². The van der Waals surface area contributed by atoms with Crippen molar-refractivity contribution in [2.45, 2.75) is 11.4 Å². The van der Waals surface area contributed by atoms with E-state index in [1.807, 2.05) is 24.3 Å². The van der Waals surface area contributed by atoms with Gasteiger partial charge in [0.15, 0.2) is 0 Å². The van der Waals surface area contributed by atoms with Crippen LogP contribution in [0.15, 0.2) is 74.8 Å². The fraction of sp³-hybridized carbons (Fsp3) is 0.0556. The molecule has 0 fully saturated rings. The van der Waals surface area contributed by atoms with Gasteiger partial charge in [-0.3, -0.25) is 9.59 Å². The molecule has 1 heterocycles. The predicted octanol–water partition coefficient (Wildman–Crippen LogP) is 1.96. The number of sulfonamides is 1. The van der Waals surface area contributed by atoms with Crippen molar-refractivity contribution in [2.24, 2.45) is 5.14 Å². The first-order valence-corrected chi connectivity index (χ1v) is 10.3. The molecule has 3 rings (SSSR count). The summed E-state index contributed by atoms with van der Waals surface area (Å²) in [5.41, 5.74) is 1.31. The molecule has 0 spiro atoms. The van der Waals surface area contributed by atoms with E-state index in [2.05, 4.69) is 26.3 Å². The number of hydrogen-bond acceptors (Lipinski definition) is 5. The third-order valence-electron chi connectivity index (χ3n) is 3.77. The zero-order valence-corrected chi connectivity index (χ0v) is 16.8. The Morgan fingerprint density at radius 2 is 1.68 bits per heavy atom. The number of benzene rings is 2. The smallest absolute Gasteiger partial charge is 0.267 e. The van der Waals surface area contributed by atoms with Crippen molar-refractivity contribution >= 4 is 37.5 Å². The zero-order chi connectivity index (χ0) is 20.3. The van der Waals surface area contributed by atoms with E-state index >= 15 is 0 Å². The molecule has 8 nitrogen and oxygen atoms in total. The van der Waals surface area contributed by atoms with Crippen LogP contribution in [0.25, 0.3) is 11.3 Å². The Morgan fingerprint density at radius 3 is 2.29 bits per heavy atom. The third kappa shape index (κ3) is 4.91. The standard InChI is InChI=1S/C18H15BrN4O4S/c19-13-3-1-12(2-4-13)16-9-10-18(25)23(22-16)11-17(24)21-14-5-7-15(8-6-14)28(20,26)27/h1-10H,11H2,(H,21,24)(H2,20,26,27). The largest absolute Gasteiger partial charge is 0.324 e. The molecular weight excluding hydrogens is 448 g/mol. The Hall–Kier alpha value is -2.82. The van der Waals surface area contributed by atoms with Crippen LogP contribution in [0.3, 0.4) is 0 Å². The van der Waals surface area contributed by atoms with Crippen LogP contribution in [0.1, 0.15) is 0 Å². The summed E-state index contributed by atoms with van der Waals surface area (Å²) >= 11 is 3.35. The summed E-state index contributed by atoms with van der Waals surface area (Å²) in [6.07, 6.45) is 0. The van der Waals surface area contributed by atoms with Crippen molar-refractivity contribution in [3.8, 4) is 11.3 Å². The van der Waals surface area contributed by atoms with E-state index < -0.39 is 21.5 Å². The highest BCUT2D eigenvalue weighted by atomic mass is 79.9. The maximum atomic E-state index is 12.2. The Labute approximate surface area is 169 Å². The monoisotopic (exact) mass is 462 g/mol. The van der Waals surface area contributed by atoms with Gasteiger partial charge in [0, 0.05) is 21.8 Å². The van der Waals surface area contributed by atoms with Crippen molar-refractivity contribution in [1.29, 1.82) is 0 Å².